The van der Waals surface area contributed by atoms with Crippen LogP contribution in [0.25, 0.3) is 77.5 Å². The molecule has 277 valence electrons. The molecule has 0 saturated heterocycles. The summed E-state index contributed by atoms with van der Waals surface area (Å²) in [5.41, 5.74) is 9.68. The molecule has 0 amide bonds. The number of fused-ring (bicyclic) bond motifs is 5. The van der Waals surface area contributed by atoms with Crippen molar-refractivity contribution in [2.45, 2.75) is 51.7 Å². The number of aromatic nitrogens is 2. The van der Waals surface area contributed by atoms with E-state index in [2.05, 4.69) is 89.9 Å². The second-order valence-electron chi connectivity index (χ2n) is 14.0. The first kappa shape index (κ1) is 29.6. The fourth-order valence-electron chi connectivity index (χ4n) is 7.62. The first-order valence-corrected chi connectivity index (χ1v) is 18.8. The van der Waals surface area contributed by atoms with E-state index < -0.39 is 19.6 Å². The Hall–Kier alpha value is -5.67. The van der Waals surface area contributed by atoms with Crippen LogP contribution >= 0.6 is 0 Å². The van der Waals surface area contributed by atoms with Gasteiger partial charge in [0.25, 0.3) is 0 Å². The van der Waals surface area contributed by atoms with Crippen LogP contribution in [0.3, 0.4) is 0 Å². The third kappa shape index (κ3) is 7.60. The summed E-state index contributed by atoms with van der Waals surface area (Å²) in [4.78, 5) is 8.91. The summed E-state index contributed by atoms with van der Waals surface area (Å²) in [6.45, 7) is -4.48. The summed E-state index contributed by atoms with van der Waals surface area (Å²) < 4.78 is 61.0. The predicted molar refractivity (Wildman–Crippen MR) is 228 cm³/mol. The molecule has 56 heavy (non-hydrogen) atoms. The Kier molecular flexibility index (Phi) is 8.77. The molecule has 4 heteroatoms. The molecule has 6 aromatic carbocycles. The molecule has 0 bridgehead atoms. The summed E-state index contributed by atoms with van der Waals surface area (Å²) in [6.07, 6.45) is 8.64. The number of benzene rings is 6. The molecule has 0 aliphatic heterocycles. The minimum atomic E-state index is -2.27. The molecule has 0 atom stereocenters. The number of hydrogen-bond donors (Lipinski definition) is 0. The van der Waals surface area contributed by atoms with Crippen LogP contribution in [0.2, 0.25) is 0 Å². The van der Waals surface area contributed by atoms with E-state index in [9.17, 15) is 0 Å². The molecule has 3 aromatic heterocycles. The second-order valence-corrected chi connectivity index (χ2v) is 14.0. The van der Waals surface area contributed by atoms with E-state index in [4.69, 9.17) is 19.0 Å². The van der Waals surface area contributed by atoms with Gasteiger partial charge in [-0.15, -0.1) is 47.5 Å². The van der Waals surface area contributed by atoms with Crippen molar-refractivity contribution in [2.24, 2.45) is 0 Å². The standard InChI is InChI=1S/C33H26NO.C19H16N.Ir/c1-2-7-22(8-3-1)23-13-15-24(16-14-23)26-19-20-34-31(21-26)30-12-6-11-28-29-18-17-25-9-4-5-10-27(25)32(29)35-33(28)30;1-14-8-11-19(20-13-14)17-10-9-15(2)18(12-17)16-6-4-3-5-7-16;/h4-6,9-11,13-22H,1-3,7-8H2;3-9,11-13H,1-2H3;/q2*-1;/i22D;1D3,2D3;. The normalized spacial score (nSPS) is 15.8. The van der Waals surface area contributed by atoms with Crippen LogP contribution in [0.1, 0.15) is 64.3 Å². The fourth-order valence-corrected chi connectivity index (χ4v) is 7.62. The van der Waals surface area contributed by atoms with E-state index in [1.165, 1.54) is 30.1 Å². The van der Waals surface area contributed by atoms with Crippen LogP contribution in [0.5, 0.6) is 0 Å². The molecule has 1 aliphatic rings. The van der Waals surface area contributed by atoms with Gasteiger partial charge in [-0.05, 0) is 76.2 Å². The molecule has 0 spiro atoms. The average molecular weight is 910 g/mol. The van der Waals surface area contributed by atoms with Crippen LogP contribution in [-0.4, -0.2) is 9.97 Å². The number of furan rings is 1. The minimum absolute atomic E-state index is 0. The topological polar surface area (TPSA) is 38.9 Å². The van der Waals surface area contributed by atoms with Crippen LogP contribution in [0.4, 0.5) is 0 Å². The van der Waals surface area contributed by atoms with Gasteiger partial charge in [-0.3, -0.25) is 0 Å². The van der Waals surface area contributed by atoms with E-state index in [0.717, 1.165) is 86.5 Å². The van der Waals surface area contributed by atoms with Crippen molar-refractivity contribution in [2.75, 3.05) is 0 Å². The quantitative estimate of drug-likeness (QED) is 0.162. The first-order valence-electron chi connectivity index (χ1n) is 22.3. The van der Waals surface area contributed by atoms with E-state index in [1.54, 1.807) is 12.1 Å². The van der Waals surface area contributed by atoms with Gasteiger partial charge in [0.15, 0.2) is 0 Å². The molecule has 0 unspecified atom stereocenters. The Morgan fingerprint density at radius 3 is 2.29 bits per heavy atom. The average Bonchev–Trinajstić information content (AvgIpc) is 3.69. The van der Waals surface area contributed by atoms with Crippen molar-refractivity contribution in [3.05, 3.63) is 181 Å². The van der Waals surface area contributed by atoms with Crippen LogP contribution < -0.4 is 0 Å². The number of pyridine rings is 2. The third-order valence-electron chi connectivity index (χ3n) is 10.5. The van der Waals surface area contributed by atoms with Crippen molar-refractivity contribution >= 4 is 32.7 Å². The maximum atomic E-state index is 8.93. The second kappa shape index (κ2) is 16.6. The maximum absolute atomic E-state index is 8.93. The van der Waals surface area contributed by atoms with Crippen LogP contribution in [0, 0.1) is 25.8 Å². The van der Waals surface area contributed by atoms with Gasteiger partial charge in [-0.1, -0.05) is 152 Å². The zero-order valence-electron chi connectivity index (χ0n) is 37.6. The minimum Gasteiger partial charge on any atom is -0.500 e. The molecule has 9 aromatic rings. The van der Waals surface area contributed by atoms with Crippen LogP contribution in [0.15, 0.2) is 156 Å². The van der Waals surface area contributed by atoms with Crippen molar-refractivity contribution in [1.29, 1.82) is 0 Å². The summed E-state index contributed by atoms with van der Waals surface area (Å²) in [5, 5.41) is 4.47. The van der Waals surface area contributed by atoms with E-state index >= 15 is 0 Å². The largest absolute Gasteiger partial charge is 0.500 e. The van der Waals surface area contributed by atoms with Gasteiger partial charge < -0.3 is 14.4 Å². The van der Waals surface area contributed by atoms with Gasteiger partial charge in [0, 0.05) is 52.9 Å². The van der Waals surface area contributed by atoms with Gasteiger partial charge in [-0.2, -0.15) is 0 Å². The van der Waals surface area contributed by atoms with Crippen molar-refractivity contribution in [3.8, 4) is 44.8 Å². The zero-order chi connectivity index (χ0) is 43.1. The Balaban J connectivity index is 0.000000180. The Morgan fingerprint density at radius 1 is 0.661 bits per heavy atom. The molecule has 3 nitrogen and oxygen atoms in total. The van der Waals surface area contributed by atoms with E-state index in [0.29, 0.717) is 16.8 Å². The smallest absolute Gasteiger partial charge is 0.128 e. The zero-order valence-corrected chi connectivity index (χ0v) is 33.0. The molecule has 1 fully saturated rings. The molecular weight excluding hydrogens is 861 g/mol. The Labute approximate surface area is 352 Å². The van der Waals surface area contributed by atoms with Crippen molar-refractivity contribution in [1.82, 2.24) is 9.97 Å². The van der Waals surface area contributed by atoms with Gasteiger partial charge in [0.1, 0.15) is 5.58 Å². The summed E-state index contributed by atoms with van der Waals surface area (Å²) in [5.74, 6) is -0.434. The number of nitrogens with zero attached hydrogens (tertiary/aromatic N) is 2. The molecule has 3 heterocycles. The van der Waals surface area contributed by atoms with E-state index in [-0.39, 0.29) is 31.2 Å². The Morgan fingerprint density at radius 2 is 1.48 bits per heavy atom. The predicted octanol–water partition coefficient (Wildman–Crippen LogP) is 14.1. The fraction of sp³-hybridized carbons (Fsp3) is 0.154. The first-order chi connectivity index (χ1) is 29.9. The molecule has 1 saturated carbocycles. The third-order valence-corrected chi connectivity index (χ3v) is 10.5. The monoisotopic (exact) mass is 910 g/mol. The molecule has 1 aliphatic carbocycles. The summed E-state index contributed by atoms with van der Waals surface area (Å²) >= 11 is 0. The SMILES string of the molecule is [2H]C([2H])([2H])c1ccc(-c2[c-]cc(C([2H])([2H])[2H])c(-c3ccccc3)c2)nc1.[2H]C1(c2ccc(-c3ccnc(-c4[c-]ccc5c4oc4c6ccccc6ccc54)c3)cc2)CCCCC1.[Ir]. The number of aryl methyl sites for hydroxylation is 2. The van der Waals surface area contributed by atoms with Gasteiger partial charge in [-0.25, -0.2) is 0 Å². The molecular formula is C52H42IrN2O-2. The molecule has 1 radical (unpaired) electrons. The molecule has 0 N–H and O–H groups in total. The number of rotatable bonds is 5. The van der Waals surface area contributed by atoms with Gasteiger partial charge in [0.05, 0.1) is 5.58 Å². The Bertz CT molecular complexity index is 3030. The van der Waals surface area contributed by atoms with Crippen molar-refractivity contribution < 1.29 is 34.1 Å². The van der Waals surface area contributed by atoms with Crippen LogP contribution in [-0.2, 0) is 20.1 Å². The maximum Gasteiger partial charge on any atom is 0.128 e. The van der Waals surface area contributed by atoms with Gasteiger partial charge in [0.2, 0.25) is 0 Å². The summed E-state index contributed by atoms with van der Waals surface area (Å²) in [7, 11) is 0. The number of hydrogen-bond acceptors (Lipinski definition) is 3. The van der Waals surface area contributed by atoms with Gasteiger partial charge >= 0.3 is 0 Å². The van der Waals surface area contributed by atoms with Crippen molar-refractivity contribution in [3.63, 3.8) is 0 Å². The summed E-state index contributed by atoms with van der Waals surface area (Å²) in [6, 6.07) is 51.3. The van der Waals surface area contributed by atoms with E-state index in [1.807, 2.05) is 48.7 Å². The molecule has 10 rings (SSSR count).